The van der Waals surface area contributed by atoms with Crippen molar-refractivity contribution in [3.8, 4) is 11.1 Å². The number of hydrogen-bond acceptors (Lipinski definition) is 5. The zero-order valence-electron chi connectivity index (χ0n) is 14.7. The molecule has 3 N–H and O–H groups in total. The van der Waals surface area contributed by atoms with Crippen LogP contribution in [0, 0.1) is 5.82 Å². The largest absolute Gasteiger partial charge is 0.352 e. The van der Waals surface area contributed by atoms with E-state index in [1.165, 1.54) is 30.3 Å². The number of halogens is 1. The highest BCUT2D eigenvalue weighted by molar-refractivity contribution is 7.89. The summed E-state index contributed by atoms with van der Waals surface area (Å²) in [5, 5.41) is 15.4. The zero-order valence-corrected chi connectivity index (χ0v) is 15.6. The number of primary sulfonamides is 1. The van der Waals surface area contributed by atoms with E-state index >= 15 is 0 Å². The molecule has 0 atom stereocenters. The zero-order chi connectivity index (χ0) is 20.1. The molecule has 28 heavy (non-hydrogen) atoms. The van der Waals surface area contributed by atoms with Crippen molar-refractivity contribution in [2.24, 2.45) is 5.14 Å². The number of nitrogens with one attached hydrogen (secondary N) is 1. The molecule has 0 spiro atoms. The average Bonchev–Trinajstić information content (AvgIpc) is 3.17. The van der Waals surface area contributed by atoms with Gasteiger partial charge in [-0.15, -0.1) is 5.10 Å². The summed E-state index contributed by atoms with van der Waals surface area (Å²) < 4.78 is 38.7. The number of sulfonamides is 1. The van der Waals surface area contributed by atoms with Crippen LogP contribution in [0.5, 0.6) is 0 Å². The Morgan fingerprint density at radius 2 is 2.00 bits per heavy atom. The van der Waals surface area contributed by atoms with Crippen molar-refractivity contribution in [2.45, 2.75) is 17.9 Å². The number of carbonyl (C=O) groups excluding carboxylic acids is 1. The number of aryl methyl sites for hydroxylation is 1. The van der Waals surface area contributed by atoms with Crippen molar-refractivity contribution in [1.82, 2.24) is 20.3 Å². The highest BCUT2D eigenvalue weighted by Gasteiger charge is 2.12. The van der Waals surface area contributed by atoms with Gasteiger partial charge in [0.15, 0.2) is 0 Å². The molecule has 10 heteroatoms. The molecule has 146 valence electrons. The first-order valence-corrected chi connectivity index (χ1v) is 9.94. The lowest BCUT2D eigenvalue weighted by Gasteiger charge is -2.09. The fraction of sp³-hybridized carbons (Fsp3) is 0.167. The number of hydrogen-bond donors (Lipinski definition) is 2. The van der Waals surface area contributed by atoms with E-state index < -0.39 is 21.7 Å². The lowest BCUT2D eigenvalue weighted by Crippen LogP contribution is -2.25. The fourth-order valence-corrected chi connectivity index (χ4v) is 3.20. The van der Waals surface area contributed by atoms with E-state index in [1.807, 2.05) is 0 Å². The Bertz CT molecular complexity index is 1080. The van der Waals surface area contributed by atoms with Gasteiger partial charge in [0.2, 0.25) is 10.0 Å². The lowest BCUT2D eigenvalue weighted by molar-refractivity contribution is 0.0952. The van der Waals surface area contributed by atoms with Crippen LogP contribution in [0.1, 0.15) is 16.8 Å². The maximum atomic E-state index is 14.0. The van der Waals surface area contributed by atoms with E-state index in [-0.39, 0.29) is 10.5 Å². The monoisotopic (exact) mass is 403 g/mol. The van der Waals surface area contributed by atoms with Crippen molar-refractivity contribution in [3.63, 3.8) is 0 Å². The van der Waals surface area contributed by atoms with Gasteiger partial charge in [0.05, 0.1) is 11.1 Å². The number of rotatable bonds is 7. The molecule has 3 aromatic rings. The van der Waals surface area contributed by atoms with Crippen LogP contribution in [-0.2, 0) is 16.6 Å². The van der Waals surface area contributed by atoms with Gasteiger partial charge in [0.25, 0.3) is 5.91 Å². The van der Waals surface area contributed by atoms with Gasteiger partial charge in [-0.3, -0.25) is 9.48 Å². The normalized spacial score (nSPS) is 11.4. The van der Waals surface area contributed by atoms with Crippen molar-refractivity contribution >= 4 is 15.9 Å². The summed E-state index contributed by atoms with van der Waals surface area (Å²) in [6.45, 7) is 0.973. The molecule has 2 aromatic carbocycles. The first kappa shape index (κ1) is 19.6. The van der Waals surface area contributed by atoms with Crippen LogP contribution in [0.15, 0.2) is 59.8 Å². The third-order valence-corrected chi connectivity index (χ3v) is 4.89. The van der Waals surface area contributed by atoms with Crippen molar-refractivity contribution in [2.75, 3.05) is 6.54 Å². The second kappa shape index (κ2) is 8.28. The lowest BCUT2D eigenvalue weighted by atomic mass is 10.0. The van der Waals surface area contributed by atoms with Gasteiger partial charge in [-0.25, -0.2) is 17.9 Å². The predicted molar refractivity (Wildman–Crippen MR) is 100 cm³/mol. The first-order chi connectivity index (χ1) is 13.3. The molecule has 0 bridgehead atoms. The van der Waals surface area contributed by atoms with Crippen LogP contribution in [-0.4, -0.2) is 35.9 Å². The number of amides is 1. The minimum Gasteiger partial charge on any atom is -0.352 e. The highest BCUT2D eigenvalue weighted by atomic mass is 32.2. The summed E-state index contributed by atoms with van der Waals surface area (Å²) in [6, 6.07) is 9.65. The molecule has 3 rings (SSSR count). The fourth-order valence-electron chi connectivity index (χ4n) is 2.64. The molecule has 0 saturated carbocycles. The first-order valence-electron chi connectivity index (χ1n) is 8.39. The second-order valence-electron chi connectivity index (χ2n) is 6.08. The molecule has 8 nitrogen and oxygen atoms in total. The molecule has 1 heterocycles. The number of aromatic nitrogens is 3. The molecule has 0 fully saturated rings. The van der Waals surface area contributed by atoms with Gasteiger partial charge in [-0.05, 0) is 47.9 Å². The molecule has 0 radical (unpaired) electrons. The quantitative estimate of drug-likeness (QED) is 0.580. The van der Waals surface area contributed by atoms with E-state index in [1.54, 1.807) is 23.1 Å². The smallest absolute Gasteiger partial charge is 0.251 e. The molecule has 0 aliphatic heterocycles. The minimum atomic E-state index is -3.89. The summed E-state index contributed by atoms with van der Waals surface area (Å²) in [6.07, 6.45) is 3.92. The third-order valence-electron chi connectivity index (χ3n) is 3.98. The number of carbonyl (C=O) groups is 1. The van der Waals surface area contributed by atoms with Crippen LogP contribution in [0.2, 0.25) is 0 Å². The molecular weight excluding hydrogens is 385 g/mol. The summed E-state index contributed by atoms with van der Waals surface area (Å²) in [5.74, 6) is -1.03. The Labute approximate surface area is 161 Å². The number of nitrogens with two attached hydrogens (primary N) is 1. The standard InChI is InChI=1S/C18H18FN5O3S/c19-16-10-14(13-3-1-4-17(12-13)28(20,26)27)9-15(11-16)18(25)21-5-2-7-24-8-6-22-23-24/h1,3-4,6,8-12H,2,5,7H2,(H,21,25)(H2,20,26,27). The topological polar surface area (TPSA) is 120 Å². The second-order valence-corrected chi connectivity index (χ2v) is 7.64. The molecule has 1 amide bonds. The summed E-state index contributed by atoms with van der Waals surface area (Å²) in [4.78, 5) is 12.3. The molecule has 0 unspecified atom stereocenters. The van der Waals surface area contributed by atoms with Crippen LogP contribution in [0.3, 0.4) is 0 Å². The molecule has 1 aromatic heterocycles. The number of benzene rings is 2. The maximum absolute atomic E-state index is 14.0. The van der Waals surface area contributed by atoms with Crippen molar-refractivity contribution < 1.29 is 17.6 Å². The van der Waals surface area contributed by atoms with Crippen LogP contribution < -0.4 is 10.5 Å². The summed E-state index contributed by atoms with van der Waals surface area (Å²) in [7, 11) is -3.89. The van der Waals surface area contributed by atoms with Crippen LogP contribution in [0.25, 0.3) is 11.1 Å². The Hall–Kier alpha value is -3.11. The van der Waals surface area contributed by atoms with E-state index in [0.29, 0.717) is 30.6 Å². The van der Waals surface area contributed by atoms with Crippen molar-refractivity contribution in [3.05, 3.63) is 66.2 Å². The Kier molecular flexibility index (Phi) is 5.81. The van der Waals surface area contributed by atoms with E-state index in [9.17, 15) is 17.6 Å². The molecule has 0 aliphatic rings. The summed E-state index contributed by atoms with van der Waals surface area (Å²) >= 11 is 0. The molecular formula is C18H18FN5O3S. The van der Waals surface area contributed by atoms with Gasteiger partial charge >= 0.3 is 0 Å². The van der Waals surface area contributed by atoms with Crippen molar-refractivity contribution in [1.29, 1.82) is 0 Å². The minimum absolute atomic E-state index is 0.0895. The SMILES string of the molecule is NS(=O)(=O)c1cccc(-c2cc(F)cc(C(=O)NCCCn3ccnn3)c2)c1. The van der Waals surface area contributed by atoms with Gasteiger partial charge in [-0.2, -0.15) is 0 Å². The Morgan fingerprint density at radius 1 is 1.18 bits per heavy atom. The van der Waals surface area contributed by atoms with Crippen LogP contribution >= 0.6 is 0 Å². The van der Waals surface area contributed by atoms with E-state index in [4.69, 9.17) is 5.14 Å². The van der Waals surface area contributed by atoms with Gasteiger partial charge < -0.3 is 5.32 Å². The maximum Gasteiger partial charge on any atom is 0.251 e. The van der Waals surface area contributed by atoms with Crippen LogP contribution in [0.4, 0.5) is 4.39 Å². The summed E-state index contributed by atoms with van der Waals surface area (Å²) in [5.41, 5.74) is 0.946. The number of nitrogens with zero attached hydrogens (tertiary/aromatic N) is 3. The van der Waals surface area contributed by atoms with Gasteiger partial charge in [0, 0.05) is 24.8 Å². The van der Waals surface area contributed by atoms with E-state index in [0.717, 1.165) is 6.07 Å². The van der Waals surface area contributed by atoms with E-state index in [2.05, 4.69) is 15.6 Å². The molecule has 0 saturated heterocycles. The van der Waals surface area contributed by atoms with Gasteiger partial charge in [0.1, 0.15) is 5.82 Å². The predicted octanol–water partition coefficient (Wildman–Crippen LogP) is 1.55. The Morgan fingerprint density at radius 3 is 2.71 bits per heavy atom. The Balaban J connectivity index is 1.73. The van der Waals surface area contributed by atoms with Gasteiger partial charge in [-0.1, -0.05) is 17.3 Å². The third kappa shape index (κ3) is 4.99. The highest BCUT2D eigenvalue weighted by Crippen LogP contribution is 2.24. The average molecular weight is 403 g/mol. The molecule has 0 aliphatic carbocycles.